The van der Waals surface area contributed by atoms with E-state index in [9.17, 15) is 4.79 Å². The van der Waals surface area contributed by atoms with Crippen molar-refractivity contribution in [2.75, 3.05) is 7.11 Å². The van der Waals surface area contributed by atoms with Gasteiger partial charge in [0.1, 0.15) is 5.75 Å². The lowest BCUT2D eigenvalue weighted by Gasteiger charge is -2.17. The summed E-state index contributed by atoms with van der Waals surface area (Å²) in [6, 6.07) is 23.6. The molecule has 2 aromatic heterocycles. The van der Waals surface area contributed by atoms with E-state index in [0.29, 0.717) is 16.7 Å². The minimum atomic E-state index is -0.216. The highest BCUT2D eigenvalue weighted by atomic mass is 16.5. The van der Waals surface area contributed by atoms with Crippen molar-refractivity contribution in [1.29, 1.82) is 0 Å². The van der Waals surface area contributed by atoms with Gasteiger partial charge >= 0.3 is 0 Å². The molecule has 0 saturated heterocycles. The van der Waals surface area contributed by atoms with E-state index in [4.69, 9.17) is 14.8 Å². The van der Waals surface area contributed by atoms with E-state index in [1.807, 2.05) is 61.7 Å². The van der Waals surface area contributed by atoms with Crippen LogP contribution in [0.2, 0.25) is 0 Å². The van der Waals surface area contributed by atoms with Gasteiger partial charge in [0.05, 0.1) is 29.9 Å². The minimum absolute atomic E-state index is 0.216. The molecule has 5 aromatic rings. The van der Waals surface area contributed by atoms with Crippen LogP contribution in [0.15, 0.2) is 88.9 Å². The van der Waals surface area contributed by atoms with Crippen LogP contribution < -0.4 is 10.3 Å². The maximum Gasteiger partial charge on any atom is 0.282 e. The van der Waals surface area contributed by atoms with Crippen LogP contribution in [-0.4, -0.2) is 27.6 Å². The number of fused-ring (bicyclic) bond motifs is 1. The summed E-state index contributed by atoms with van der Waals surface area (Å²) in [6.45, 7) is 8.32. The zero-order valence-electron chi connectivity index (χ0n) is 21.8. The fraction of sp³-hybridized carbons (Fsp3) is 0.194. The summed E-state index contributed by atoms with van der Waals surface area (Å²) >= 11 is 0. The van der Waals surface area contributed by atoms with Crippen LogP contribution in [0.5, 0.6) is 5.75 Å². The van der Waals surface area contributed by atoms with Gasteiger partial charge in [-0.15, -0.1) is 0 Å². The fourth-order valence-electron chi connectivity index (χ4n) is 4.64. The predicted octanol–water partition coefficient (Wildman–Crippen LogP) is 6.49. The minimum Gasteiger partial charge on any atom is -0.496 e. The molecule has 0 aliphatic carbocycles. The van der Waals surface area contributed by atoms with E-state index < -0.39 is 0 Å². The Bertz CT molecular complexity index is 1690. The average molecular weight is 491 g/mol. The molecule has 6 heteroatoms. The number of benzene rings is 3. The third-order valence-corrected chi connectivity index (χ3v) is 6.65. The highest BCUT2D eigenvalue weighted by Crippen LogP contribution is 2.34. The Morgan fingerprint density at radius 1 is 0.946 bits per heavy atom. The summed E-state index contributed by atoms with van der Waals surface area (Å²) in [5.41, 5.74) is 6.34. The highest BCUT2D eigenvalue weighted by Gasteiger charge is 2.18. The summed E-state index contributed by atoms with van der Waals surface area (Å²) in [5.74, 6) is 1.55. The molecule has 0 fully saturated rings. The monoisotopic (exact) mass is 490 g/mol. The molecule has 186 valence electrons. The Hall–Kier alpha value is -4.45. The molecule has 2 heterocycles. The van der Waals surface area contributed by atoms with E-state index >= 15 is 0 Å². The Balaban J connectivity index is 1.73. The number of nitrogens with zero attached hydrogens (tertiary/aromatic N) is 4. The molecule has 0 unspecified atom stereocenters. The van der Waals surface area contributed by atoms with Crippen LogP contribution in [0.4, 0.5) is 0 Å². The number of hydrogen-bond donors (Lipinski definition) is 0. The first kappa shape index (κ1) is 24.3. The number of methoxy groups -OCH3 is 1. The van der Waals surface area contributed by atoms with Crippen molar-refractivity contribution in [1.82, 2.24) is 14.2 Å². The maximum absolute atomic E-state index is 13.7. The zero-order chi connectivity index (χ0) is 26.1. The van der Waals surface area contributed by atoms with E-state index in [1.165, 1.54) is 4.68 Å². The van der Waals surface area contributed by atoms with Gasteiger partial charge in [-0.1, -0.05) is 44.2 Å². The molecule has 0 aliphatic rings. The number of para-hydroxylation sites is 2. The average Bonchev–Trinajstić information content (AvgIpc) is 3.36. The van der Waals surface area contributed by atoms with Gasteiger partial charge in [-0.25, -0.2) is 4.98 Å². The molecule has 0 amide bonds. The van der Waals surface area contributed by atoms with Crippen LogP contribution in [0.3, 0.4) is 0 Å². The van der Waals surface area contributed by atoms with Gasteiger partial charge in [0, 0.05) is 17.4 Å². The van der Waals surface area contributed by atoms with Crippen LogP contribution in [0.25, 0.3) is 28.0 Å². The largest absolute Gasteiger partial charge is 0.496 e. The van der Waals surface area contributed by atoms with Crippen molar-refractivity contribution in [2.45, 2.75) is 33.6 Å². The summed E-state index contributed by atoms with van der Waals surface area (Å²) in [5, 5.41) is 5.23. The van der Waals surface area contributed by atoms with Crippen molar-refractivity contribution in [3.8, 4) is 22.8 Å². The molecular formula is C31H30N4O2. The van der Waals surface area contributed by atoms with Gasteiger partial charge in [0.15, 0.2) is 5.82 Å². The molecule has 37 heavy (non-hydrogen) atoms. The van der Waals surface area contributed by atoms with Crippen LogP contribution in [-0.2, 0) is 0 Å². The normalized spacial score (nSPS) is 11.6. The van der Waals surface area contributed by atoms with Crippen LogP contribution >= 0.6 is 0 Å². The summed E-state index contributed by atoms with van der Waals surface area (Å²) in [6.07, 6.45) is 3.71. The molecule has 0 aliphatic heterocycles. The molecule has 0 bridgehead atoms. The van der Waals surface area contributed by atoms with Crippen molar-refractivity contribution in [3.05, 3.63) is 112 Å². The number of ether oxygens (including phenoxy) is 1. The van der Waals surface area contributed by atoms with Crippen molar-refractivity contribution in [3.63, 3.8) is 0 Å². The Morgan fingerprint density at radius 2 is 1.70 bits per heavy atom. The highest BCUT2D eigenvalue weighted by molar-refractivity contribution is 5.82. The second kappa shape index (κ2) is 9.90. The molecular weight excluding hydrogens is 460 g/mol. The topological polar surface area (TPSA) is 61.4 Å². The molecule has 0 saturated carbocycles. The van der Waals surface area contributed by atoms with Gasteiger partial charge in [-0.05, 0) is 78.9 Å². The van der Waals surface area contributed by atoms with E-state index in [2.05, 4.69) is 43.5 Å². The van der Waals surface area contributed by atoms with Crippen molar-refractivity contribution >= 4 is 17.1 Å². The summed E-state index contributed by atoms with van der Waals surface area (Å²) in [7, 11) is 1.68. The standard InChI is InChI=1S/C31H30N4O2/c1-20(2)25-18-26(22(4)17-29(25)37-5)30-33-27-14-8-7-13-24(27)31(36)35(30)32-19-23-12-10-16-34(23)28-15-9-6-11-21(28)3/h6-20H,1-5H3. The molecule has 0 N–H and O–H groups in total. The first-order valence-corrected chi connectivity index (χ1v) is 12.4. The van der Waals surface area contributed by atoms with Gasteiger partial charge in [0.25, 0.3) is 5.56 Å². The number of aryl methyl sites for hydroxylation is 2. The van der Waals surface area contributed by atoms with Gasteiger partial charge in [-0.3, -0.25) is 4.79 Å². The molecule has 0 radical (unpaired) electrons. The Kier molecular flexibility index (Phi) is 6.49. The molecule has 5 rings (SSSR count). The lowest BCUT2D eigenvalue weighted by molar-refractivity contribution is 0.407. The van der Waals surface area contributed by atoms with Gasteiger partial charge in [0.2, 0.25) is 0 Å². The smallest absolute Gasteiger partial charge is 0.282 e. The third-order valence-electron chi connectivity index (χ3n) is 6.65. The second-order valence-corrected chi connectivity index (χ2v) is 9.47. The predicted molar refractivity (Wildman–Crippen MR) is 150 cm³/mol. The first-order chi connectivity index (χ1) is 17.9. The van der Waals surface area contributed by atoms with Gasteiger partial charge < -0.3 is 9.30 Å². The number of aromatic nitrogens is 3. The Morgan fingerprint density at radius 3 is 2.46 bits per heavy atom. The van der Waals surface area contributed by atoms with E-state index in [0.717, 1.165) is 39.4 Å². The zero-order valence-corrected chi connectivity index (χ0v) is 21.8. The maximum atomic E-state index is 13.7. The Labute approximate surface area is 216 Å². The molecule has 6 nitrogen and oxygen atoms in total. The summed E-state index contributed by atoms with van der Waals surface area (Å²) in [4.78, 5) is 18.6. The fourth-order valence-corrected chi connectivity index (χ4v) is 4.64. The summed E-state index contributed by atoms with van der Waals surface area (Å²) < 4.78 is 9.12. The molecule has 0 atom stereocenters. The van der Waals surface area contributed by atoms with E-state index in [1.54, 1.807) is 19.4 Å². The SMILES string of the molecule is COc1cc(C)c(-c2nc3ccccc3c(=O)n2N=Cc2cccn2-c2ccccc2C)cc1C(C)C. The molecule has 0 spiro atoms. The van der Waals surface area contributed by atoms with E-state index in [-0.39, 0.29) is 11.5 Å². The quantitative estimate of drug-likeness (QED) is 0.256. The van der Waals surface area contributed by atoms with Crippen molar-refractivity contribution < 1.29 is 4.74 Å². The molecule has 3 aromatic carbocycles. The van der Waals surface area contributed by atoms with Crippen molar-refractivity contribution in [2.24, 2.45) is 5.10 Å². The lowest BCUT2D eigenvalue weighted by Crippen LogP contribution is -2.21. The van der Waals surface area contributed by atoms with Crippen LogP contribution in [0, 0.1) is 13.8 Å². The van der Waals surface area contributed by atoms with Gasteiger partial charge in [-0.2, -0.15) is 9.78 Å². The third kappa shape index (κ3) is 4.47. The number of hydrogen-bond acceptors (Lipinski definition) is 4. The van der Waals surface area contributed by atoms with Crippen LogP contribution in [0.1, 0.15) is 42.1 Å². The first-order valence-electron chi connectivity index (χ1n) is 12.4. The number of rotatable bonds is 6. The lowest BCUT2D eigenvalue weighted by atomic mass is 9.96. The second-order valence-electron chi connectivity index (χ2n) is 9.47.